The summed E-state index contributed by atoms with van der Waals surface area (Å²) in [7, 11) is 1.57. The number of nitro benzene ring substituents is 1. The van der Waals surface area contributed by atoms with E-state index < -0.39 is 10.8 Å². The molecule has 0 unspecified atom stereocenters. The normalized spacial score (nSPS) is 9.70. The Hall–Kier alpha value is -1.74. The number of anilines is 1. The van der Waals surface area contributed by atoms with E-state index in [9.17, 15) is 14.9 Å². The summed E-state index contributed by atoms with van der Waals surface area (Å²) in [5, 5.41) is 23.6. The minimum Gasteiger partial charge on any atom is -0.300 e. The van der Waals surface area contributed by atoms with Crippen LogP contribution in [0.15, 0.2) is 12.1 Å². The molecule has 0 aliphatic rings. The molecule has 2 rings (SSSR count). The van der Waals surface area contributed by atoms with Crippen molar-refractivity contribution in [3.8, 4) is 0 Å². The van der Waals surface area contributed by atoms with Crippen LogP contribution in [0.1, 0.15) is 15.9 Å². The van der Waals surface area contributed by atoms with Crippen molar-refractivity contribution in [1.29, 1.82) is 0 Å². The van der Waals surface area contributed by atoms with E-state index in [2.05, 4.69) is 26.9 Å². The fraction of sp³-hybridized carbons (Fsp3) is 0.200. The van der Waals surface area contributed by atoms with Crippen molar-refractivity contribution in [2.75, 3.05) is 5.32 Å². The third-order valence-corrected chi connectivity index (χ3v) is 2.41. The van der Waals surface area contributed by atoms with E-state index in [1.54, 1.807) is 14.0 Å². The molecule has 1 amide bonds. The quantitative estimate of drug-likeness (QED) is 0.489. The molecule has 0 aliphatic carbocycles. The van der Waals surface area contributed by atoms with Crippen LogP contribution in [0.2, 0.25) is 0 Å². The Balaban J connectivity index is 0.00000200. The predicted molar refractivity (Wildman–Crippen MR) is 63.4 cm³/mol. The minimum atomic E-state index is -0.568. The van der Waals surface area contributed by atoms with Gasteiger partial charge in [-0.3, -0.25) is 20.2 Å². The van der Waals surface area contributed by atoms with Gasteiger partial charge in [-0.25, -0.2) is 4.68 Å². The molecule has 9 nitrogen and oxygen atoms in total. The summed E-state index contributed by atoms with van der Waals surface area (Å²) in [6.45, 7) is 1.57. The molecule has 10 heteroatoms. The Morgan fingerprint density at radius 1 is 1.50 bits per heavy atom. The van der Waals surface area contributed by atoms with Crippen molar-refractivity contribution in [2.24, 2.45) is 7.05 Å². The summed E-state index contributed by atoms with van der Waals surface area (Å²) in [6.07, 6.45) is 0. The van der Waals surface area contributed by atoms with Gasteiger partial charge in [-0.2, -0.15) is 6.07 Å². The molecule has 20 heavy (non-hydrogen) atoms. The zero-order valence-corrected chi connectivity index (χ0v) is 13.5. The number of nitrogens with zero attached hydrogens (tertiary/aromatic N) is 5. The average molecular weight is 350 g/mol. The van der Waals surface area contributed by atoms with Crippen LogP contribution in [0.25, 0.3) is 0 Å². The number of nitrogens with one attached hydrogen (secondary N) is 1. The summed E-state index contributed by atoms with van der Waals surface area (Å²) in [5.41, 5.74) is 0.463. The molecule has 1 heterocycles. The first kappa shape index (κ1) is 16.3. The summed E-state index contributed by atoms with van der Waals surface area (Å²) in [6, 6.07) is 5.12. The van der Waals surface area contributed by atoms with Crippen molar-refractivity contribution in [3.05, 3.63) is 39.4 Å². The van der Waals surface area contributed by atoms with Crippen LogP contribution in [0.4, 0.5) is 11.6 Å². The number of amides is 1. The van der Waals surface area contributed by atoms with E-state index in [4.69, 9.17) is 0 Å². The molecule has 0 bridgehead atoms. The molecule has 0 saturated carbocycles. The molecule has 0 fully saturated rings. The van der Waals surface area contributed by atoms with E-state index in [0.29, 0.717) is 5.56 Å². The van der Waals surface area contributed by atoms with E-state index in [0.717, 1.165) is 0 Å². The number of aryl methyl sites for hydroxylation is 2. The van der Waals surface area contributed by atoms with Crippen LogP contribution in [0.5, 0.6) is 0 Å². The number of rotatable bonds is 3. The third kappa shape index (κ3) is 3.42. The smallest absolute Gasteiger partial charge is 0.248 e. The molecule has 0 saturated heterocycles. The number of carbonyl (C=O) groups is 1. The summed E-state index contributed by atoms with van der Waals surface area (Å²) in [5.74, 6) is -0.274. The SMILES string of the molecule is Cc1[c-]c([N+](=O)[O-])ccc1C(=O)Nc1nnnn1C.[Y]. The van der Waals surface area contributed by atoms with Gasteiger partial charge in [0.2, 0.25) is 11.9 Å². The van der Waals surface area contributed by atoms with Gasteiger partial charge in [0.1, 0.15) is 0 Å². The Bertz CT molecular complexity index is 656. The van der Waals surface area contributed by atoms with E-state index in [-0.39, 0.29) is 49.9 Å². The third-order valence-electron chi connectivity index (χ3n) is 2.41. The van der Waals surface area contributed by atoms with Crippen LogP contribution in [-0.2, 0) is 39.8 Å². The topological polar surface area (TPSA) is 116 Å². The molecule has 1 aromatic heterocycles. The number of nitro groups is 1. The summed E-state index contributed by atoms with van der Waals surface area (Å²) < 4.78 is 1.29. The van der Waals surface area contributed by atoms with Gasteiger partial charge in [0.05, 0.1) is 0 Å². The molecule has 1 N–H and O–H groups in total. The van der Waals surface area contributed by atoms with Crippen molar-refractivity contribution in [3.63, 3.8) is 0 Å². The largest absolute Gasteiger partial charge is 0.300 e. The second kappa shape index (κ2) is 6.62. The molecule has 2 aromatic rings. The number of tetrazole rings is 1. The first-order valence-electron chi connectivity index (χ1n) is 5.20. The minimum absolute atomic E-state index is 0. The van der Waals surface area contributed by atoms with Gasteiger partial charge in [0.25, 0.3) is 0 Å². The fourth-order valence-electron chi connectivity index (χ4n) is 1.45. The fourth-order valence-corrected chi connectivity index (χ4v) is 1.45. The molecule has 101 valence electrons. The van der Waals surface area contributed by atoms with Gasteiger partial charge in [-0.1, -0.05) is 29.7 Å². The maximum Gasteiger partial charge on any atom is 0.248 e. The number of hydrogen-bond acceptors (Lipinski definition) is 6. The molecular formula is C10H9N6O3Y-. The summed E-state index contributed by atoms with van der Waals surface area (Å²) >= 11 is 0. The zero-order chi connectivity index (χ0) is 14.0. The zero-order valence-electron chi connectivity index (χ0n) is 10.7. The van der Waals surface area contributed by atoms with Gasteiger partial charge in [0, 0.05) is 44.7 Å². The Kier molecular flexibility index (Phi) is 5.40. The predicted octanol–water partition coefficient (Wildman–Crippen LogP) is 0.477. The Morgan fingerprint density at radius 3 is 2.70 bits per heavy atom. The average Bonchev–Trinajstić information content (AvgIpc) is 2.74. The molecule has 1 aromatic carbocycles. The van der Waals surface area contributed by atoms with Crippen molar-refractivity contribution in [1.82, 2.24) is 20.2 Å². The number of carbonyl (C=O) groups excluding carboxylic acids is 1. The van der Waals surface area contributed by atoms with Gasteiger partial charge in [-0.05, 0) is 10.4 Å². The van der Waals surface area contributed by atoms with Crippen molar-refractivity contribution >= 4 is 17.5 Å². The molecule has 1 radical (unpaired) electrons. The molecule has 0 atom stereocenters. The van der Waals surface area contributed by atoms with Gasteiger partial charge < -0.3 is 0 Å². The standard InChI is InChI=1S/C10H9N6O3.Y/c1-6-5-7(16(18)19)3-4-8(6)9(17)11-10-12-13-14-15(10)2;/h3-4H,1-2H3,(H,11,12,14,17);/q-1;. The number of non-ortho nitro benzene ring substituents is 1. The second-order valence-electron chi connectivity index (χ2n) is 3.72. The van der Waals surface area contributed by atoms with Gasteiger partial charge in [-0.15, -0.1) is 5.56 Å². The Labute approximate surface area is 138 Å². The van der Waals surface area contributed by atoms with Gasteiger partial charge in [0.15, 0.2) is 5.69 Å². The van der Waals surface area contributed by atoms with Crippen LogP contribution in [0, 0.1) is 23.1 Å². The number of aromatic nitrogens is 4. The van der Waals surface area contributed by atoms with Gasteiger partial charge >= 0.3 is 0 Å². The van der Waals surface area contributed by atoms with Crippen LogP contribution < -0.4 is 5.32 Å². The molecule has 0 spiro atoms. The number of hydrogen-bond donors (Lipinski definition) is 1. The maximum absolute atomic E-state index is 12.0. The summed E-state index contributed by atoms with van der Waals surface area (Å²) in [4.78, 5) is 22.0. The van der Waals surface area contributed by atoms with E-state index in [1.165, 1.54) is 16.8 Å². The van der Waals surface area contributed by atoms with Crippen LogP contribution in [-0.4, -0.2) is 31.0 Å². The number of benzene rings is 1. The molecular weight excluding hydrogens is 341 g/mol. The Morgan fingerprint density at radius 2 is 2.20 bits per heavy atom. The van der Waals surface area contributed by atoms with E-state index in [1.807, 2.05) is 0 Å². The van der Waals surface area contributed by atoms with Crippen LogP contribution >= 0.6 is 0 Å². The first-order chi connectivity index (χ1) is 8.99. The second-order valence-corrected chi connectivity index (χ2v) is 3.72. The van der Waals surface area contributed by atoms with E-state index >= 15 is 0 Å². The van der Waals surface area contributed by atoms with Crippen molar-refractivity contribution in [2.45, 2.75) is 6.92 Å². The van der Waals surface area contributed by atoms with Crippen molar-refractivity contribution < 1.29 is 42.4 Å². The first-order valence-corrected chi connectivity index (χ1v) is 5.20. The maximum atomic E-state index is 12.0. The monoisotopic (exact) mass is 350 g/mol. The van der Waals surface area contributed by atoms with Crippen LogP contribution in [0.3, 0.4) is 0 Å². The molecule has 0 aliphatic heterocycles.